The van der Waals surface area contributed by atoms with Gasteiger partial charge in [-0.2, -0.15) is 5.10 Å². The van der Waals surface area contributed by atoms with Crippen LogP contribution in [0.4, 0.5) is 5.95 Å². The predicted octanol–water partition coefficient (Wildman–Crippen LogP) is 1.52. The molecule has 4 rings (SSSR count). The lowest BCUT2D eigenvalue weighted by atomic mass is 10.1. The van der Waals surface area contributed by atoms with E-state index in [4.69, 9.17) is 0 Å². The van der Waals surface area contributed by atoms with Crippen molar-refractivity contribution in [1.82, 2.24) is 55.3 Å². The maximum absolute atomic E-state index is 12.9. The maximum Gasteiger partial charge on any atom is 0.328 e. The number of carboxylic acids is 1. The van der Waals surface area contributed by atoms with Crippen molar-refractivity contribution in [2.45, 2.75) is 65.5 Å². The van der Waals surface area contributed by atoms with E-state index in [0.717, 1.165) is 89.3 Å². The fourth-order valence-electron chi connectivity index (χ4n) is 6.73. The van der Waals surface area contributed by atoms with Crippen LogP contribution in [0.25, 0.3) is 10.9 Å². The number of fused-ring (bicyclic) bond motifs is 1. The second-order valence-corrected chi connectivity index (χ2v) is 14.3. The van der Waals surface area contributed by atoms with Crippen molar-refractivity contribution in [3.05, 3.63) is 42.4 Å². The van der Waals surface area contributed by atoms with Crippen LogP contribution in [0.1, 0.15) is 63.2 Å². The zero-order valence-electron chi connectivity index (χ0n) is 33.6. The maximum atomic E-state index is 12.9. The van der Waals surface area contributed by atoms with E-state index >= 15 is 0 Å². The van der Waals surface area contributed by atoms with E-state index < -0.39 is 23.8 Å². The van der Waals surface area contributed by atoms with Crippen LogP contribution in [0.2, 0.25) is 0 Å². The highest BCUT2D eigenvalue weighted by atomic mass is 16.4. The summed E-state index contributed by atoms with van der Waals surface area (Å²) in [7, 11) is 0. The standard InChI is InChI=1S/C39H64N12O5/c1-4-47-19-21-48(5-2)23-25-50(26-24-49(6-3)22-20-47)30-36(53)40-14-9-7-8-11-35(52)46-33(38(55)56)29-44-37(54)31-12-13-34-32(27-31)28-45-51(34)18-10-15-41-39-42-16-17-43-39/h12-13,16-17,27-28,33H,4-11,14-15,18-26,29-30H2,1-3H3,(H,40,53)(H,44,54)(H,46,52)(H,55,56)(H2,41,42,43). The molecule has 3 aromatic rings. The van der Waals surface area contributed by atoms with Gasteiger partial charge in [0.2, 0.25) is 11.8 Å². The summed E-state index contributed by atoms with van der Waals surface area (Å²) in [5, 5.41) is 26.4. The van der Waals surface area contributed by atoms with Crippen LogP contribution >= 0.6 is 0 Å². The minimum atomic E-state index is -1.27. The van der Waals surface area contributed by atoms with Crippen molar-refractivity contribution in [2.24, 2.45) is 0 Å². The number of benzene rings is 1. The Balaban J connectivity index is 1.11. The van der Waals surface area contributed by atoms with Gasteiger partial charge < -0.3 is 46.1 Å². The Morgan fingerprint density at radius 1 is 0.804 bits per heavy atom. The number of carbonyl (C=O) groups is 4. The largest absolute Gasteiger partial charge is 0.480 e. The molecule has 1 aliphatic rings. The quantitative estimate of drug-likeness (QED) is 0.0855. The molecule has 1 atom stereocenters. The van der Waals surface area contributed by atoms with Crippen LogP contribution in [0, 0.1) is 0 Å². The number of carbonyl (C=O) groups excluding carboxylic acids is 3. The first-order valence-electron chi connectivity index (χ1n) is 20.3. The van der Waals surface area contributed by atoms with E-state index in [1.54, 1.807) is 30.7 Å². The van der Waals surface area contributed by atoms with Gasteiger partial charge in [0.25, 0.3) is 5.91 Å². The number of hydrogen-bond donors (Lipinski definition) is 6. The third-order valence-corrected chi connectivity index (χ3v) is 10.4. The summed E-state index contributed by atoms with van der Waals surface area (Å²) in [6.07, 6.45) is 8.07. The number of rotatable bonds is 21. The van der Waals surface area contributed by atoms with Crippen LogP contribution < -0.4 is 21.3 Å². The molecule has 0 aliphatic carbocycles. The molecule has 6 N–H and O–H groups in total. The molecule has 1 fully saturated rings. The van der Waals surface area contributed by atoms with Gasteiger partial charge in [-0.15, -0.1) is 0 Å². The smallest absolute Gasteiger partial charge is 0.328 e. The lowest BCUT2D eigenvalue weighted by Gasteiger charge is -2.33. The summed E-state index contributed by atoms with van der Waals surface area (Å²) in [5.41, 5.74) is 1.25. The van der Waals surface area contributed by atoms with Crippen molar-refractivity contribution in [3.8, 4) is 0 Å². The zero-order valence-corrected chi connectivity index (χ0v) is 33.6. The van der Waals surface area contributed by atoms with Crippen LogP contribution in [-0.4, -0.2) is 172 Å². The second-order valence-electron chi connectivity index (χ2n) is 14.3. The number of aromatic nitrogens is 4. The molecule has 0 radical (unpaired) electrons. The van der Waals surface area contributed by atoms with Gasteiger partial charge in [0.1, 0.15) is 6.04 Å². The first-order chi connectivity index (χ1) is 27.2. The summed E-state index contributed by atoms with van der Waals surface area (Å²) < 4.78 is 1.87. The Morgan fingerprint density at radius 3 is 2.07 bits per heavy atom. The first-order valence-corrected chi connectivity index (χ1v) is 20.3. The van der Waals surface area contributed by atoms with Crippen molar-refractivity contribution in [3.63, 3.8) is 0 Å². The molecule has 2 aromatic heterocycles. The number of aromatic amines is 1. The molecular weight excluding hydrogens is 717 g/mol. The molecular formula is C39H64N12O5. The number of nitrogens with one attached hydrogen (secondary N) is 5. The number of H-pyrrole nitrogens is 1. The molecule has 3 amide bonds. The number of nitrogens with zero attached hydrogens (tertiary/aromatic N) is 7. The molecule has 1 saturated heterocycles. The van der Waals surface area contributed by atoms with Crippen LogP contribution in [0.3, 0.4) is 0 Å². The number of hydrogen-bond acceptors (Lipinski definition) is 11. The van der Waals surface area contributed by atoms with Gasteiger partial charge >= 0.3 is 5.97 Å². The number of anilines is 1. The first kappa shape index (κ1) is 44.1. The number of aliphatic carboxylic acids is 1. The number of imidazole rings is 1. The highest BCUT2D eigenvalue weighted by Gasteiger charge is 2.22. The molecule has 1 aromatic carbocycles. The normalized spacial score (nSPS) is 16.1. The van der Waals surface area contributed by atoms with Crippen LogP contribution in [0.5, 0.6) is 0 Å². The summed E-state index contributed by atoms with van der Waals surface area (Å²) in [6.45, 7) is 19.4. The van der Waals surface area contributed by atoms with Gasteiger partial charge in [-0.25, -0.2) is 9.78 Å². The van der Waals surface area contributed by atoms with Crippen LogP contribution in [-0.2, 0) is 20.9 Å². The highest BCUT2D eigenvalue weighted by molar-refractivity contribution is 5.98. The predicted molar refractivity (Wildman–Crippen MR) is 218 cm³/mol. The van der Waals surface area contributed by atoms with Crippen molar-refractivity contribution >= 4 is 40.5 Å². The molecule has 1 unspecified atom stereocenters. The lowest BCUT2D eigenvalue weighted by molar-refractivity contribution is -0.141. The third kappa shape index (κ3) is 15.2. The lowest BCUT2D eigenvalue weighted by Crippen LogP contribution is -2.48. The van der Waals surface area contributed by atoms with E-state index in [9.17, 15) is 24.3 Å². The molecule has 56 heavy (non-hydrogen) atoms. The Morgan fingerprint density at radius 2 is 1.46 bits per heavy atom. The molecule has 17 heteroatoms. The highest BCUT2D eigenvalue weighted by Crippen LogP contribution is 2.16. The Bertz CT molecular complexity index is 1610. The summed E-state index contributed by atoms with van der Waals surface area (Å²) in [5.74, 6) is -1.35. The van der Waals surface area contributed by atoms with Gasteiger partial charge in [0.15, 0.2) is 5.95 Å². The molecule has 1 aliphatic heterocycles. The molecule has 3 heterocycles. The van der Waals surface area contributed by atoms with E-state index in [0.29, 0.717) is 57.0 Å². The second kappa shape index (κ2) is 24.1. The number of likely N-dealkylation sites (N-methyl/N-ethyl adjacent to an activating group) is 3. The van der Waals surface area contributed by atoms with Crippen molar-refractivity contribution < 1.29 is 24.3 Å². The van der Waals surface area contributed by atoms with Crippen molar-refractivity contribution in [1.29, 1.82) is 0 Å². The Labute approximate surface area is 330 Å². The summed E-state index contributed by atoms with van der Waals surface area (Å²) in [6, 6.07) is 3.94. The van der Waals surface area contributed by atoms with Gasteiger partial charge in [-0.05, 0) is 57.1 Å². The molecule has 0 spiro atoms. The number of carboxylic acid groups (broad SMARTS) is 1. The SMILES string of the molecule is CCN1CCN(CC)CCN(CC(=O)NCCCCCC(=O)NC(CNC(=O)c2ccc3c(cnn3CCCNc3ncc[nH]3)c2)C(=O)O)CCN(CC)CC1. The number of aryl methyl sites for hydroxylation is 1. The summed E-state index contributed by atoms with van der Waals surface area (Å²) >= 11 is 0. The minimum Gasteiger partial charge on any atom is -0.480 e. The van der Waals surface area contributed by atoms with Gasteiger partial charge in [0.05, 0.1) is 18.3 Å². The van der Waals surface area contributed by atoms with Gasteiger partial charge in [-0.1, -0.05) is 27.2 Å². The number of unbranched alkanes of at least 4 members (excludes halogenated alkanes) is 2. The minimum absolute atomic E-state index is 0.00470. The fraction of sp³-hybridized carbons (Fsp3) is 0.641. The van der Waals surface area contributed by atoms with Crippen LogP contribution in [0.15, 0.2) is 36.8 Å². The zero-order chi connectivity index (χ0) is 40.1. The topological polar surface area (TPSA) is 196 Å². The molecule has 0 bridgehead atoms. The molecule has 0 saturated carbocycles. The Hall–Kier alpha value is -4.58. The van der Waals surface area contributed by atoms with Gasteiger partial charge in [0, 0.05) is 108 Å². The molecule has 17 nitrogen and oxygen atoms in total. The summed E-state index contributed by atoms with van der Waals surface area (Å²) in [4.78, 5) is 67.1. The average molecular weight is 781 g/mol. The van der Waals surface area contributed by atoms with Crippen molar-refractivity contribution in [2.75, 3.05) is 103 Å². The monoisotopic (exact) mass is 781 g/mol. The molecule has 310 valence electrons. The Kier molecular flexibility index (Phi) is 19.0. The van der Waals surface area contributed by atoms with E-state index in [1.165, 1.54) is 0 Å². The fourth-order valence-corrected chi connectivity index (χ4v) is 6.73. The third-order valence-electron chi connectivity index (χ3n) is 10.4. The van der Waals surface area contributed by atoms with E-state index in [1.807, 2.05) is 10.7 Å². The average Bonchev–Trinajstić information content (AvgIpc) is 3.87. The van der Waals surface area contributed by atoms with Gasteiger partial charge in [-0.3, -0.25) is 24.0 Å². The van der Waals surface area contributed by atoms with E-state index in [-0.39, 0.29) is 18.9 Å². The van der Waals surface area contributed by atoms with E-state index in [2.05, 4.69) is 76.7 Å². The number of amides is 3.